The molecule has 17 heavy (non-hydrogen) atoms. The van der Waals surface area contributed by atoms with Crippen LogP contribution in [-0.4, -0.2) is 35.4 Å². The number of nitrogens with zero attached hydrogens (tertiary/aromatic N) is 2. The molecule has 1 unspecified atom stereocenters. The molecule has 0 spiro atoms. The average Bonchev–Trinajstić information content (AvgIpc) is 2.70. The molecule has 1 atom stereocenters. The van der Waals surface area contributed by atoms with Crippen molar-refractivity contribution in [3.63, 3.8) is 0 Å². The van der Waals surface area contributed by atoms with Crippen molar-refractivity contribution in [3.05, 3.63) is 5.01 Å². The third-order valence-corrected chi connectivity index (χ3v) is 3.01. The van der Waals surface area contributed by atoms with Gasteiger partial charge in [-0.1, -0.05) is 25.2 Å². The summed E-state index contributed by atoms with van der Waals surface area (Å²) in [5.74, 6) is 0.0355. The van der Waals surface area contributed by atoms with E-state index in [0.29, 0.717) is 18.3 Å². The summed E-state index contributed by atoms with van der Waals surface area (Å²) in [5.41, 5.74) is 5.43. The largest absolute Gasteiger partial charge is 0.380 e. The molecule has 1 aromatic rings. The number of aromatic nitrogens is 2. The molecule has 0 aliphatic rings. The van der Waals surface area contributed by atoms with E-state index in [4.69, 9.17) is 10.5 Å². The van der Waals surface area contributed by atoms with Crippen molar-refractivity contribution in [3.8, 4) is 0 Å². The van der Waals surface area contributed by atoms with E-state index in [2.05, 4.69) is 15.5 Å². The van der Waals surface area contributed by atoms with Crippen molar-refractivity contribution in [1.82, 2.24) is 15.5 Å². The summed E-state index contributed by atoms with van der Waals surface area (Å²) in [5, 5.41) is 10.7. The summed E-state index contributed by atoms with van der Waals surface area (Å²) in [6.45, 7) is 7.10. The molecule has 1 aromatic heterocycles. The molecule has 7 heteroatoms. The van der Waals surface area contributed by atoms with Crippen LogP contribution in [0.4, 0.5) is 5.13 Å². The van der Waals surface area contributed by atoms with Crippen LogP contribution in [0.15, 0.2) is 0 Å². The van der Waals surface area contributed by atoms with Gasteiger partial charge in [-0.05, 0) is 12.8 Å². The van der Waals surface area contributed by atoms with Crippen molar-refractivity contribution < 1.29 is 9.53 Å². The van der Waals surface area contributed by atoms with E-state index in [1.54, 1.807) is 0 Å². The van der Waals surface area contributed by atoms with Crippen molar-refractivity contribution in [2.75, 3.05) is 18.9 Å². The Morgan fingerprint density at radius 1 is 1.53 bits per heavy atom. The SMILES string of the molecule is CCOCC(NC(=O)c1nnc(N)s1)C(C)C. The Morgan fingerprint density at radius 3 is 2.71 bits per heavy atom. The van der Waals surface area contributed by atoms with Crippen LogP contribution in [0.1, 0.15) is 30.6 Å². The molecule has 1 rings (SSSR count). The summed E-state index contributed by atoms with van der Waals surface area (Å²) in [6.07, 6.45) is 0. The van der Waals surface area contributed by atoms with Crippen molar-refractivity contribution in [2.45, 2.75) is 26.8 Å². The van der Waals surface area contributed by atoms with Gasteiger partial charge in [-0.2, -0.15) is 0 Å². The summed E-state index contributed by atoms with van der Waals surface area (Å²) in [6, 6.07) is -0.0347. The van der Waals surface area contributed by atoms with Crippen LogP contribution < -0.4 is 11.1 Å². The number of nitrogen functional groups attached to an aromatic ring is 1. The van der Waals surface area contributed by atoms with E-state index in [9.17, 15) is 4.79 Å². The number of carbonyl (C=O) groups is 1. The first-order valence-electron chi connectivity index (χ1n) is 5.52. The predicted octanol–water partition coefficient (Wildman–Crippen LogP) is 0.911. The van der Waals surface area contributed by atoms with Crippen molar-refractivity contribution in [1.29, 1.82) is 0 Å². The maximum Gasteiger partial charge on any atom is 0.282 e. The molecule has 1 heterocycles. The molecular formula is C10H18N4O2S. The molecule has 0 radical (unpaired) electrons. The molecular weight excluding hydrogens is 240 g/mol. The summed E-state index contributed by atoms with van der Waals surface area (Å²) in [7, 11) is 0. The minimum absolute atomic E-state index is 0.0347. The minimum atomic E-state index is -0.252. The Morgan fingerprint density at radius 2 is 2.24 bits per heavy atom. The minimum Gasteiger partial charge on any atom is -0.380 e. The van der Waals surface area contributed by atoms with E-state index in [1.807, 2.05) is 20.8 Å². The fourth-order valence-electron chi connectivity index (χ4n) is 1.20. The van der Waals surface area contributed by atoms with Crippen LogP contribution in [0.2, 0.25) is 0 Å². The zero-order chi connectivity index (χ0) is 12.8. The highest BCUT2D eigenvalue weighted by molar-refractivity contribution is 7.16. The van der Waals surface area contributed by atoms with E-state index >= 15 is 0 Å². The maximum absolute atomic E-state index is 11.8. The van der Waals surface area contributed by atoms with E-state index in [-0.39, 0.29) is 22.9 Å². The third kappa shape index (κ3) is 4.27. The predicted molar refractivity (Wildman–Crippen MR) is 66.9 cm³/mol. The second-order valence-corrected chi connectivity index (χ2v) is 4.94. The first-order valence-corrected chi connectivity index (χ1v) is 6.33. The van der Waals surface area contributed by atoms with Crippen LogP contribution in [0.25, 0.3) is 0 Å². The standard InChI is InChI=1S/C10H18N4O2S/c1-4-16-5-7(6(2)3)12-8(15)9-13-14-10(11)17-9/h6-7H,4-5H2,1-3H3,(H2,11,14)(H,12,15). The number of hydrogen-bond donors (Lipinski definition) is 2. The van der Waals surface area contributed by atoms with E-state index in [0.717, 1.165) is 11.3 Å². The lowest BCUT2D eigenvalue weighted by Crippen LogP contribution is -2.41. The molecule has 1 amide bonds. The lowest BCUT2D eigenvalue weighted by atomic mass is 10.1. The molecule has 0 aromatic carbocycles. The van der Waals surface area contributed by atoms with Gasteiger partial charge in [0.1, 0.15) is 0 Å². The van der Waals surface area contributed by atoms with Gasteiger partial charge < -0.3 is 15.8 Å². The highest BCUT2D eigenvalue weighted by Crippen LogP contribution is 2.11. The number of hydrogen-bond acceptors (Lipinski definition) is 6. The number of amides is 1. The second-order valence-electron chi connectivity index (χ2n) is 3.93. The van der Waals surface area contributed by atoms with Gasteiger partial charge in [-0.3, -0.25) is 4.79 Å². The lowest BCUT2D eigenvalue weighted by molar-refractivity contribution is 0.0805. The molecule has 0 saturated carbocycles. The Bertz CT molecular complexity index is 367. The average molecular weight is 258 g/mol. The van der Waals surface area contributed by atoms with Crippen LogP contribution in [0.3, 0.4) is 0 Å². The topological polar surface area (TPSA) is 90.1 Å². The number of anilines is 1. The molecule has 0 aliphatic heterocycles. The summed E-state index contributed by atoms with van der Waals surface area (Å²) >= 11 is 1.08. The smallest absolute Gasteiger partial charge is 0.282 e. The Kier molecular flexibility index (Phi) is 5.30. The van der Waals surface area contributed by atoms with Crippen LogP contribution in [-0.2, 0) is 4.74 Å². The Hall–Kier alpha value is -1.21. The molecule has 6 nitrogen and oxygen atoms in total. The van der Waals surface area contributed by atoms with Gasteiger partial charge in [0.15, 0.2) is 0 Å². The zero-order valence-corrected chi connectivity index (χ0v) is 11.1. The van der Waals surface area contributed by atoms with Gasteiger partial charge in [0.05, 0.1) is 12.6 Å². The molecule has 0 aliphatic carbocycles. The number of nitrogens with two attached hydrogens (primary N) is 1. The van der Waals surface area contributed by atoms with Crippen LogP contribution >= 0.6 is 11.3 Å². The van der Waals surface area contributed by atoms with Crippen molar-refractivity contribution in [2.24, 2.45) is 5.92 Å². The monoisotopic (exact) mass is 258 g/mol. The molecule has 0 saturated heterocycles. The molecule has 0 fully saturated rings. The number of ether oxygens (including phenoxy) is 1. The van der Waals surface area contributed by atoms with E-state index in [1.165, 1.54) is 0 Å². The van der Waals surface area contributed by atoms with Gasteiger partial charge in [0.25, 0.3) is 5.91 Å². The number of carbonyl (C=O) groups excluding carboxylic acids is 1. The van der Waals surface area contributed by atoms with Crippen LogP contribution in [0, 0.1) is 5.92 Å². The first kappa shape index (κ1) is 13.9. The van der Waals surface area contributed by atoms with Gasteiger partial charge in [0.2, 0.25) is 10.1 Å². The maximum atomic E-state index is 11.8. The molecule has 3 N–H and O–H groups in total. The van der Waals surface area contributed by atoms with Gasteiger partial charge in [-0.15, -0.1) is 10.2 Å². The van der Waals surface area contributed by atoms with E-state index < -0.39 is 0 Å². The van der Waals surface area contributed by atoms with Crippen LogP contribution in [0.5, 0.6) is 0 Å². The van der Waals surface area contributed by atoms with Gasteiger partial charge >= 0.3 is 0 Å². The molecule has 0 bridgehead atoms. The van der Waals surface area contributed by atoms with Gasteiger partial charge in [0, 0.05) is 6.61 Å². The third-order valence-electron chi connectivity index (χ3n) is 2.26. The Balaban J connectivity index is 2.57. The summed E-state index contributed by atoms with van der Waals surface area (Å²) in [4.78, 5) is 11.8. The Labute approximate surface area is 105 Å². The zero-order valence-electron chi connectivity index (χ0n) is 10.3. The fourth-order valence-corrected chi connectivity index (χ4v) is 1.72. The fraction of sp³-hybridized carbons (Fsp3) is 0.700. The quantitative estimate of drug-likeness (QED) is 0.791. The second kappa shape index (κ2) is 6.51. The highest BCUT2D eigenvalue weighted by Gasteiger charge is 2.19. The highest BCUT2D eigenvalue weighted by atomic mass is 32.1. The van der Waals surface area contributed by atoms with Gasteiger partial charge in [-0.25, -0.2) is 0 Å². The summed E-state index contributed by atoms with van der Waals surface area (Å²) < 4.78 is 5.33. The van der Waals surface area contributed by atoms with Crippen molar-refractivity contribution >= 4 is 22.4 Å². The first-order chi connectivity index (χ1) is 8.04. The lowest BCUT2D eigenvalue weighted by Gasteiger charge is -2.21. The number of rotatable bonds is 6. The number of nitrogens with one attached hydrogen (secondary N) is 1. The normalized spacial score (nSPS) is 12.7. The molecule has 96 valence electrons.